The van der Waals surface area contributed by atoms with Crippen LogP contribution in [0.4, 0.5) is 11.4 Å². The number of nitrogens with zero attached hydrogens (tertiary/aromatic N) is 2. The van der Waals surface area contributed by atoms with Crippen LogP contribution in [0.5, 0.6) is 11.5 Å². The van der Waals surface area contributed by atoms with E-state index in [0.717, 1.165) is 0 Å². The molecular formula is C24H16N2O8. The summed E-state index contributed by atoms with van der Waals surface area (Å²) >= 11 is 0. The lowest BCUT2D eigenvalue weighted by molar-refractivity contribution is -0.384. The zero-order valence-corrected chi connectivity index (χ0v) is 17.9. The number of nitro benzene ring substituents is 2. The van der Waals surface area contributed by atoms with Crippen molar-refractivity contribution in [3.63, 3.8) is 0 Å². The van der Waals surface area contributed by atoms with Gasteiger partial charge < -0.3 is 9.47 Å². The van der Waals surface area contributed by atoms with Crippen molar-refractivity contribution in [2.45, 2.75) is 13.8 Å². The molecule has 0 radical (unpaired) electrons. The lowest BCUT2D eigenvalue weighted by atomic mass is 9.92. The van der Waals surface area contributed by atoms with Crippen LogP contribution in [0.15, 0.2) is 60.7 Å². The molecule has 170 valence electrons. The van der Waals surface area contributed by atoms with E-state index in [1.165, 1.54) is 62.4 Å². The largest absolute Gasteiger partial charge is 0.426 e. The van der Waals surface area contributed by atoms with Crippen LogP contribution in [0.3, 0.4) is 0 Å². The highest BCUT2D eigenvalue weighted by atomic mass is 16.6. The van der Waals surface area contributed by atoms with E-state index in [1.54, 1.807) is 12.1 Å². The van der Waals surface area contributed by atoms with Crippen LogP contribution in [0.2, 0.25) is 0 Å². The van der Waals surface area contributed by atoms with Crippen molar-refractivity contribution >= 4 is 44.9 Å². The Kier molecular flexibility index (Phi) is 5.64. The van der Waals surface area contributed by atoms with E-state index in [-0.39, 0.29) is 22.9 Å². The number of hydrogen-bond acceptors (Lipinski definition) is 8. The maximum Gasteiger partial charge on any atom is 0.308 e. The van der Waals surface area contributed by atoms with Gasteiger partial charge in [0.2, 0.25) is 0 Å². The Bertz CT molecular complexity index is 1410. The van der Waals surface area contributed by atoms with E-state index in [1.807, 2.05) is 0 Å². The molecule has 0 saturated heterocycles. The molecule has 0 unspecified atom stereocenters. The molecule has 0 N–H and O–H groups in total. The minimum absolute atomic E-state index is 0.132. The van der Waals surface area contributed by atoms with Crippen LogP contribution in [0.25, 0.3) is 32.7 Å². The predicted octanol–water partition coefficient (Wildman–Crippen LogP) is 5.33. The Morgan fingerprint density at radius 1 is 0.647 bits per heavy atom. The second kappa shape index (κ2) is 8.58. The van der Waals surface area contributed by atoms with Gasteiger partial charge in [0, 0.05) is 49.2 Å². The number of non-ortho nitro benzene ring substituents is 2. The van der Waals surface area contributed by atoms with Crippen molar-refractivity contribution in [2.75, 3.05) is 0 Å². The third kappa shape index (κ3) is 4.11. The van der Waals surface area contributed by atoms with E-state index in [2.05, 4.69) is 0 Å². The van der Waals surface area contributed by atoms with Crippen molar-refractivity contribution in [1.82, 2.24) is 0 Å². The van der Waals surface area contributed by atoms with E-state index in [9.17, 15) is 29.8 Å². The second-order valence-electron chi connectivity index (χ2n) is 7.39. The zero-order valence-electron chi connectivity index (χ0n) is 17.9. The van der Waals surface area contributed by atoms with Crippen molar-refractivity contribution in [2.24, 2.45) is 0 Å². The molecule has 34 heavy (non-hydrogen) atoms. The summed E-state index contributed by atoms with van der Waals surface area (Å²) in [4.78, 5) is 45.2. The fraction of sp³-hybridized carbons (Fsp3) is 0.0833. The number of benzene rings is 4. The monoisotopic (exact) mass is 460 g/mol. The van der Waals surface area contributed by atoms with Crippen LogP contribution in [-0.4, -0.2) is 21.8 Å². The summed E-state index contributed by atoms with van der Waals surface area (Å²) < 4.78 is 10.9. The van der Waals surface area contributed by atoms with Crippen LogP contribution >= 0.6 is 0 Å². The van der Waals surface area contributed by atoms with E-state index in [0.29, 0.717) is 32.7 Å². The normalized spacial score (nSPS) is 10.8. The minimum atomic E-state index is -0.604. The van der Waals surface area contributed by atoms with Gasteiger partial charge in [-0.3, -0.25) is 29.8 Å². The highest BCUT2D eigenvalue weighted by molar-refractivity contribution is 6.11. The highest BCUT2D eigenvalue weighted by Gasteiger charge is 2.22. The van der Waals surface area contributed by atoms with Gasteiger partial charge in [0.1, 0.15) is 11.5 Å². The van der Waals surface area contributed by atoms with Crippen molar-refractivity contribution in [3.05, 3.63) is 80.9 Å². The number of ether oxygens (including phenoxy) is 2. The maximum atomic E-state index is 11.9. The Hall–Kier alpha value is -4.86. The molecule has 0 saturated carbocycles. The number of carbonyl (C=O) groups excluding carboxylic acids is 2. The van der Waals surface area contributed by atoms with E-state index < -0.39 is 21.8 Å². The Morgan fingerprint density at radius 3 is 1.35 bits per heavy atom. The smallest absolute Gasteiger partial charge is 0.308 e. The average molecular weight is 460 g/mol. The summed E-state index contributed by atoms with van der Waals surface area (Å²) in [6, 6.07) is 14.5. The fourth-order valence-corrected chi connectivity index (χ4v) is 3.82. The Morgan fingerprint density at radius 2 is 1.03 bits per heavy atom. The molecule has 4 aromatic rings. The van der Waals surface area contributed by atoms with Gasteiger partial charge in [-0.25, -0.2) is 0 Å². The topological polar surface area (TPSA) is 139 Å². The molecule has 0 amide bonds. The zero-order chi connectivity index (χ0) is 24.6. The summed E-state index contributed by atoms with van der Waals surface area (Å²) in [6.45, 7) is 2.45. The lowest BCUT2D eigenvalue weighted by Crippen LogP contribution is -2.06. The highest BCUT2D eigenvalue weighted by Crippen LogP contribution is 2.46. The van der Waals surface area contributed by atoms with Crippen molar-refractivity contribution in [1.29, 1.82) is 0 Å². The van der Waals surface area contributed by atoms with Gasteiger partial charge in [0.05, 0.1) is 9.85 Å². The molecule has 0 aromatic heterocycles. The average Bonchev–Trinajstić information content (AvgIpc) is 2.77. The molecule has 4 aromatic carbocycles. The molecule has 10 heteroatoms. The molecule has 0 bridgehead atoms. The molecule has 0 fully saturated rings. The molecule has 0 heterocycles. The summed E-state index contributed by atoms with van der Waals surface area (Å²) in [6.07, 6.45) is 0. The maximum absolute atomic E-state index is 11.9. The summed E-state index contributed by atoms with van der Waals surface area (Å²) in [5.41, 5.74) is 0.427. The molecule has 4 rings (SSSR count). The van der Waals surface area contributed by atoms with Gasteiger partial charge in [0.15, 0.2) is 0 Å². The minimum Gasteiger partial charge on any atom is -0.426 e. The third-order valence-corrected chi connectivity index (χ3v) is 5.11. The van der Waals surface area contributed by atoms with Gasteiger partial charge in [0.25, 0.3) is 11.4 Å². The third-order valence-electron chi connectivity index (χ3n) is 5.11. The number of carbonyl (C=O) groups is 2. The number of rotatable bonds is 5. The fourth-order valence-electron chi connectivity index (χ4n) is 3.82. The van der Waals surface area contributed by atoms with Gasteiger partial charge >= 0.3 is 11.9 Å². The van der Waals surface area contributed by atoms with Crippen LogP contribution < -0.4 is 9.47 Å². The summed E-state index contributed by atoms with van der Waals surface area (Å²) in [7, 11) is 0. The summed E-state index contributed by atoms with van der Waals surface area (Å²) in [5.74, 6) is -0.943. The van der Waals surface area contributed by atoms with Crippen molar-refractivity contribution < 1.29 is 28.9 Å². The molecule has 0 spiro atoms. The van der Waals surface area contributed by atoms with Crippen LogP contribution in [0.1, 0.15) is 13.8 Å². The van der Waals surface area contributed by atoms with Gasteiger partial charge in [-0.2, -0.15) is 0 Å². The molecule has 10 nitrogen and oxygen atoms in total. The summed E-state index contributed by atoms with van der Waals surface area (Å²) in [5, 5.41) is 24.5. The van der Waals surface area contributed by atoms with Gasteiger partial charge in [-0.1, -0.05) is 12.1 Å². The first kappa shape index (κ1) is 22.3. The number of nitro groups is 2. The van der Waals surface area contributed by atoms with Crippen LogP contribution in [0, 0.1) is 20.2 Å². The molecule has 0 aliphatic carbocycles. The van der Waals surface area contributed by atoms with Crippen molar-refractivity contribution in [3.8, 4) is 22.6 Å². The molecule has 0 aliphatic rings. The molecular weight excluding hydrogens is 444 g/mol. The Balaban J connectivity index is 2.15. The molecule has 0 aliphatic heterocycles. The SMILES string of the molecule is CC(=O)Oc1ccc2cc([N+](=O)[O-])ccc2c1-c1c(OC(C)=O)ccc2cc([N+](=O)[O-])ccc12. The predicted molar refractivity (Wildman–Crippen MR) is 123 cm³/mol. The lowest BCUT2D eigenvalue weighted by Gasteiger charge is -2.18. The van der Waals surface area contributed by atoms with Gasteiger partial charge in [-0.15, -0.1) is 0 Å². The standard InChI is InChI=1S/C24H16N2O8/c1-13(27)33-21-9-3-15-11-17(25(29)30)5-7-19(15)23(21)24-20-8-6-18(26(31)32)12-16(20)4-10-22(24)34-14(2)28/h3-12H,1-2H3. The van der Waals surface area contributed by atoms with Gasteiger partial charge in [-0.05, 0) is 45.8 Å². The first-order valence-electron chi connectivity index (χ1n) is 9.95. The van der Waals surface area contributed by atoms with E-state index in [4.69, 9.17) is 9.47 Å². The number of esters is 2. The van der Waals surface area contributed by atoms with E-state index >= 15 is 0 Å². The quantitative estimate of drug-likeness (QED) is 0.169. The first-order valence-corrected chi connectivity index (χ1v) is 9.95. The second-order valence-corrected chi connectivity index (χ2v) is 7.39. The van der Waals surface area contributed by atoms with Crippen LogP contribution in [-0.2, 0) is 9.59 Å². The Labute approximate surface area is 191 Å². The number of fused-ring (bicyclic) bond motifs is 2. The molecule has 0 atom stereocenters. The first-order chi connectivity index (χ1) is 16.2. The number of hydrogen-bond donors (Lipinski definition) is 0.